The smallest absolute Gasteiger partial charge is 0.189 e. The SMILES string of the molecule is COC(CN=C(N)NC(C)(C)C)c1ccccc1.I. The predicted octanol–water partition coefficient (Wildman–Crippen LogP) is 2.69. The Labute approximate surface area is 132 Å². The average Bonchev–Trinajstić information content (AvgIpc) is 2.29. The van der Waals surface area contributed by atoms with Crippen molar-refractivity contribution in [3.8, 4) is 0 Å². The van der Waals surface area contributed by atoms with Crippen molar-refractivity contribution in [1.29, 1.82) is 0 Å². The molecule has 0 saturated heterocycles. The highest BCUT2D eigenvalue weighted by molar-refractivity contribution is 14.0. The topological polar surface area (TPSA) is 59.6 Å². The molecule has 0 aliphatic rings. The van der Waals surface area contributed by atoms with Crippen molar-refractivity contribution in [2.45, 2.75) is 32.4 Å². The van der Waals surface area contributed by atoms with Gasteiger partial charge < -0.3 is 15.8 Å². The number of nitrogens with one attached hydrogen (secondary N) is 1. The number of benzene rings is 1. The van der Waals surface area contributed by atoms with Crippen LogP contribution < -0.4 is 11.1 Å². The fourth-order valence-corrected chi connectivity index (χ4v) is 1.59. The van der Waals surface area contributed by atoms with Gasteiger partial charge in [0.05, 0.1) is 6.54 Å². The summed E-state index contributed by atoms with van der Waals surface area (Å²) in [4.78, 5) is 4.32. The maximum Gasteiger partial charge on any atom is 0.189 e. The Morgan fingerprint density at radius 1 is 1.32 bits per heavy atom. The number of ether oxygens (including phenoxy) is 1. The first-order valence-electron chi connectivity index (χ1n) is 6.08. The normalized spacial score (nSPS) is 13.6. The van der Waals surface area contributed by atoms with E-state index >= 15 is 0 Å². The third-order valence-corrected chi connectivity index (χ3v) is 2.39. The Morgan fingerprint density at radius 3 is 2.37 bits per heavy atom. The van der Waals surface area contributed by atoms with Crippen molar-refractivity contribution in [3.63, 3.8) is 0 Å². The molecule has 0 heterocycles. The summed E-state index contributed by atoms with van der Waals surface area (Å²) in [6, 6.07) is 10.0. The van der Waals surface area contributed by atoms with Crippen molar-refractivity contribution < 1.29 is 4.74 Å². The minimum absolute atomic E-state index is 0. The van der Waals surface area contributed by atoms with Crippen LogP contribution in [0.5, 0.6) is 0 Å². The van der Waals surface area contributed by atoms with E-state index in [9.17, 15) is 0 Å². The monoisotopic (exact) mass is 377 g/mol. The standard InChI is InChI=1S/C14H23N3O.HI/c1-14(2,3)17-13(15)16-10-12(18-4)11-8-6-5-7-9-11;/h5-9,12H,10H2,1-4H3,(H3,15,16,17);1H. The maximum atomic E-state index is 5.82. The van der Waals surface area contributed by atoms with Gasteiger partial charge in [0, 0.05) is 12.6 Å². The van der Waals surface area contributed by atoms with Gasteiger partial charge in [-0.1, -0.05) is 30.3 Å². The first-order valence-corrected chi connectivity index (χ1v) is 6.08. The Kier molecular flexibility index (Phi) is 8.01. The van der Waals surface area contributed by atoms with Gasteiger partial charge in [-0.2, -0.15) is 0 Å². The molecule has 3 N–H and O–H groups in total. The molecular weight excluding hydrogens is 353 g/mol. The highest BCUT2D eigenvalue weighted by Gasteiger charge is 2.12. The number of rotatable bonds is 4. The Morgan fingerprint density at radius 2 is 1.89 bits per heavy atom. The lowest BCUT2D eigenvalue weighted by atomic mass is 10.1. The molecule has 0 fully saturated rings. The second kappa shape index (κ2) is 8.37. The van der Waals surface area contributed by atoms with Crippen LogP contribution >= 0.6 is 24.0 Å². The first-order chi connectivity index (χ1) is 8.42. The van der Waals surface area contributed by atoms with E-state index in [1.165, 1.54) is 0 Å². The molecule has 19 heavy (non-hydrogen) atoms. The second-order valence-corrected chi connectivity index (χ2v) is 5.24. The molecule has 1 aromatic rings. The zero-order valence-corrected chi connectivity index (χ0v) is 14.3. The molecule has 1 rings (SSSR count). The zero-order chi connectivity index (χ0) is 13.6. The maximum absolute atomic E-state index is 5.82. The van der Waals surface area contributed by atoms with Crippen molar-refractivity contribution in [2.75, 3.05) is 13.7 Å². The lowest BCUT2D eigenvalue weighted by molar-refractivity contribution is 0.111. The number of nitrogens with two attached hydrogens (primary N) is 1. The summed E-state index contributed by atoms with van der Waals surface area (Å²) in [5.41, 5.74) is 6.85. The van der Waals surface area contributed by atoms with E-state index in [2.05, 4.69) is 10.3 Å². The fraction of sp³-hybridized carbons (Fsp3) is 0.500. The van der Waals surface area contributed by atoms with Crippen LogP contribution in [0.25, 0.3) is 0 Å². The third kappa shape index (κ3) is 7.37. The summed E-state index contributed by atoms with van der Waals surface area (Å²) >= 11 is 0. The molecule has 1 atom stereocenters. The summed E-state index contributed by atoms with van der Waals surface area (Å²) in [5.74, 6) is 0.445. The van der Waals surface area contributed by atoms with E-state index in [1.54, 1.807) is 7.11 Å². The Bertz CT molecular complexity index is 387. The van der Waals surface area contributed by atoms with Gasteiger partial charge >= 0.3 is 0 Å². The molecule has 4 nitrogen and oxygen atoms in total. The van der Waals surface area contributed by atoms with Crippen molar-refractivity contribution in [2.24, 2.45) is 10.7 Å². The van der Waals surface area contributed by atoms with Crippen LogP contribution in [0, 0.1) is 0 Å². The molecule has 0 amide bonds. The zero-order valence-electron chi connectivity index (χ0n) is 12.0. The molecule has 1 unspecified atom stereocenters. The molecule has 0 aliphatic carbocycles. The van der Waals surface area contributed by atoms with Crippen LogP contribution in [0.15, 0.2) is 35.3 Å². The van der Waals surface area contributed by atoms with E-state index in [-0.39, 0.29) is 35.6 Å². The summed E-state index contributed by atoms with van der Waals surface area (Å²) in [6.45, 7) is 6.64. The molecule has 1 aromatic carbocycles. The van der Waals surface area contributed by atoms with Gasteiger partial charge in [-0.25, -0.2) is 0 Å². The van der Waals surface area contributed by atoms with Crippen LogP contribution in [0.3, 0.4) is 0 Å². The Balaban J connectivity index is 0.00000324. The Hall–Kier alpha value is -0.820. The predicted molar refractivity (Wildman–Crippen MR) is 91.0 cm³/mol. The van der Waals surface area contributed by atoms with E-state index in [0.29, 0.717) is 12.5 Å². The van der Waals surface area contributed by atoms with Crippen LogP contribution in [0.2, 0.25) is 0 Å². The number of halogens is 1. The number of hydrogen-bond acceptors (Lipinski definition) is 2. The summed E-state index contributed by atoms with van der Waals surface area (Å²) in [5, 5.41) is 3.12. The summed E-state index contributed by atoms with van der Waals surface area (Å²) in [6.07, 6.45) is -0.0634. The number of guanidine groups is 1. The molecule has 0 bridgehead atoms. The molecule has 5 heteroatoms. The molecule has 108 valence electrons. The lowest BCUT2D eigenvalue weighted by Crippen LogP contribution is -2.45. The van der Waals surface area contributed by atoms with Gasteiger partial charge in [0.1, 0.15) is 6.10 Å². The van der Waals surface area contributed by atoms with Gasteiger partial charge in [-0.05, 0) is 26.3 Å². The highest BCUT2D eigenvalue weighted by atomic mass is 127. The quantitative estimate of drug-likeness (QED) is 0.482. The lowest BCUT2D eigenvalue weighted by Gasteiger charge is -2.21. The van der Waals surface area contributed by atoms with Crippen molar-refractivity contribution in [1.82, 2.24) is 5.32 Å². The molecule has 0 aromatic heterocycles. The number of hydrogen-bond donors (Lipinski definition) is 2. The van der Waals surface area contributed by atoms with E-state index < -0.39 is 0 Å². The molecule has 0 aliphatic heterocycles. The molecule has 0 saturated carbocycles. The number of methoxy groups -OCH3 is 1. The van der Waals surface area contributed by atoms with E-state index in [1.807, 2.05) is 51.1 Å². The van der Waals surface area contributed by atoms with Gasteiger partial charge in [0.15, 0.2) is 5.96 Å². The van der Waals surface area contributed by atoms with E-state index in [0.717, 1.165) is 5.56 Å². The highest BCUT2D eigenvalue weighted by Crippen LogP contribution is 2.16. The number of nitrogens with zero attached hydrogens (tertiary/aromatic N) is 1. The van der Waals surface area contributed by atoms with Crippen LogP contribution in [0.1, 0.15) is 32.4 Å². The largest absolute Gasteiger partial charge is 0.375 e. The average molecular weight is 377 g/mol. The van der Waals surface area contributed by atoms with Crippen molar-refractivity contribution >= 4 is 29.9 Å². The molecule has 0 radical (unpaired) electrons. The van der Waals surface area contributed by atoms with Gasteiger partial charge in [0.2, 0.25) is 0 Å². The van der Waals surface area contributed by atoms with Crippen LogP contribution in [-0.2, 0) is 4.74 Å². The minimum atomic E-state index is -0.0805. The van der Waals surface area contributed by atoms with Crippen LogP contribution in [0.4, 0.5) is 0 Å². The van der Waals surface area contributed by atoms with Gasteiger partial charge in [-0.15, -0.1) is 24.0 Å². The fourth-order valence-electron chi connectivity index (χ4n) is 1.59. The number of aliphatic imine (C=N–C) groups is 1. The summed E-state index contributed by atoms with van der Waals surface area (Å²) < 4.78 is 5.43. The first kappa shape index (κ1) is 18.2. The summed E-state index contributed by atoms with van der Waals surface area (Å²) in [7, 11) is 1.68. The molecular formula is C14H24IN3O. The van der Waals surface area contributed by atoms with Crippen LogP contribution in [-0.4, -0.2) is 25.2 Å². The third-order valence-electron chi connectivity index (χ3n) is 2.39. The van der Waals surface area contributed by atoms with Gasteiger partial charge in [-0.3, -0.25) is 4.99 Å². The van der Waals surface area contributed by atoms with E-state index in [4.69, 9.17) is 10.5 Å². The van der Waals surface area contributed by atoms with Gasteiger partial charge in [0.25, 0.3) is 0 Å². The molecule has 0 spiro atoms. The minimum Gasteiger partial charge on any atom is -0.375 e. The van der Waals surface area contributed by atoms with Crippen molar-refractivity contribution in [3.05, 3.63) is 35.9 Å². The second-order valence-electron chi connectivity index (χ2n) is 5.24.